The molecule has 0 radical (unpaired) electrons. The quantitative estimate of drug-likeness (QED) is 0.519. The Hall–Kier alpha value is -0.850. The van der Waals surface area contributed by atoms with E-state index >= 15 is 0 Å². The van der Waals surface area contributed by atoms with Crippen molar-refractivity contribution in [3.63, 3.8) is 0 Å². The number of hydrogen-bond acceptors (Lipinski definition) is 0. The van der Waals surface area contributed by atoms with Crippen LogP contribution in [0.15, 0.2) is 24.4 Å². The summed E-state index contributed by atoms with van der Waals surface area (Å²) in [6, 6.07) is 6.82. The minimum atomic E-state index is 0.571. The zero-order valence-corrected chi connectivity index (χ0v) is 6.83. The number of rotatable bonds is 1. The smallest absolute Gasteiger partial charge is 0.178 e. The fourth-order valence-electron chi connectivity index (χ4n) is 1.12. The molecule has 0 bridgehead atoms. The number of aromatic nitrogens is 1. The van der Waals surface area contributed by atoms with Gasteiger partial charge in [-0.25, -0.2) is 4.57 Å². The Morgan fingerprint density at radius 1 is 1.30 bits per heavy atom. The number of hydrogen-bond donors (Lipinski definition) is 0. The molecule has 0 aliphatic heterocycles. The van der Waals surface area contributed by atoms with E-state index in [1.54, 1.807) is 0 Å². The minimum absolute atomic E-state index is 0.571. The third-order valence-corrected chi connectivity index (χ3v) is 1.66. The monoisotopic (exact) mass is 136 g/mol. The molecule has 1 nitrogen and oxygen atoms in total. The summed E-state index contributed by atoms with van der Waals surface area (Å²) in [7, 11) is 0. The van der Waals surface area contributed by atoms with Gasteiger partial charge in [0.25, 0.3) is 0 Å². The molecule has 0 aliphatic carbocycles. The molecule has 0 aromatic carbocycles. The Kier molecular flexibility index (Phi) is 2.05. The number of nitrogens with zero attached hydrogens (tertiary/aromatic N) is 1. The largest absolute Gasteiger partial charge is 0.201 e. The second-order valence-electron chi connectivity index (χ2n) is 2.84. The maximum absolute atomic E-state index is 2.25. The third-order valence-electron chi connectivity index (χ3n) is 1.66. The Morgan fingerprint density at radius 2 is 2.00 bits per heavy atom. The molecule has 1 heteroatoms. The highest BCUT2D eigenvalue weighted by Crippen LogP contribution is 1.94. The Morgan fingerprint density at radius 3 is 2.40 bits per heavy atom. The molecule has 0 atom stereocenters. The molecular weight excluding hydrogens is 122 g/mol. The summed E-state index contributed by atoms with van der Waals surface area (Å²) < 4.78 is 2.25. The molecule has 0 saturated carbocycles. The summed E-state index contributed by atoms with van der Waals surface area (Å²) >= 11 is 0. The van der Waals surface area contributed by atoms with Crippen LogP contribution in [0.25, 0.3) is 0 Å². The molecular formula is C9H14N+. The normalized spacial score (nSPS) is 10.4. The fraction of sp³-hybridized carbons (Fsp3) is 0.444. The second-order valence-corrected chi connectivity index (χ2v) is 2.84. The standard InChI is InChI=1S/C9H14N/c1-8(2)10-7-5-4-6-9(10)3/h4-8H,1-3H3/q+1. The molecule has 1 rings (SSSR count). The van der Waals surface area contributed by atoms with E-state index in [1.165, 1.54) is 5.69 Å². The van der Waals surface area contributed by atoms with E-state index in [0.717, 1.165) is 0 Å². The minimum Gasteiger partial charge on any atom is -0.201 e. The summed E-state index contributed by atoms with van der Waals surface area (Å²) in [4.78, 5) is 0. The summed E-state index contributed by atoms with van der Waals surface area (Å²) in [6.07, 6.45) is 2.11. The molecule has 1 heterocycles. The van der Waals surface area contributed by atoms with Gasteiger partial charge in [-0.15, -0.1) is 0 Å². The van der Waals surface area contributed by atoms with E-state index in [2.05, 4.69) is 49.7 Å². The van der Waals surface area contributed by atoms with Crippen LogP contribution < -0.4 is 4.57 Å². The van der Waals surface area contributed by atoms with Crippen LogP contribution in [0, 0.1) is 6.92 Å². The van der Waals surface area contributed by atoms with Crippen LogP contribution in [0.2, 0.25) is 0 Å². The molecule has 10 heavy (non-hydrogen) atoms. The van der Waals surface area contributed by atoms with Gasteiger partial charge in [0.1, 0.15) is 0 Å². The Bertz CT molecular complexity index is 216. The van der Waals surface area contributed by atoms with Crippen LogP contribution in [0.4, 0.5) is 0 Å². The van der Waals surface area contributed by atoms with Crippen molar-refractivity contribution < 1.29 is 4.57 Å². The van der Waals surface area contributed by atoms with E-state index in [4.69, 9.17) is 0 Å². The molecule has 54 valence electrons. The lowest BCUT2D eigenvalue weighted by molar-refractivity contribution is -0.721. The van der Waals surface area contributed by atoms with Gasteiger partial charge in [0.15, 0.2) is 17.9 Å². The van der Waals surface area contributed by atoms with Gasteiger partial charge in [-0.2, -0.15) is 0 Å². The lowest BCUT2D eigenvalue weighted by Crippen LogP contribution is -2.38. The number of pyridine rings is 1. The van der Waals surface area contributed by atoms with Crippen LogP contribution >= 0.6 is 0 Å². The lowest BCUT2D eigenvalue weighted by Gasteiger charge is -2.01. The van der Waals surface area contributed by atoms with Gasteiger partial charge < -0.3 is 0 Å². The first-order valence-corrected chi connectivity index (χ1v) is 3.68. The van der Waals surface area contributed by atoms with Gasteiger partial charge in [-0.05, 0) is 13.8 Å². The highest BCUT2D eigenvalue weighted by molar-refractivity contribution is 4.94. The topological polar surface area (TPSA) is 3.88 Å². The Balaban J connectivity index is 3.03. The van der Waals surface area contributed by atoms with Gasteiger partial charge in [-0.1, -0.05) is 6.07 Å². The van der Waals surface area contributed by atoms with E-state index in [-0.39, 0.29) is 0 Å². The molecule has 0 fully saturated rings. The van der Waals surface area contributed by atoms with Crippen molar-refractivity contribution in [1.29, 1.82) is 0 Å². The maximum atomic E-state index is 2.25. The molecule has 0 aliphatic rings. The van der Waals surface area contributed by atoms with Crippen LogP contribution in [0.1, 0.15) is 25.6 Å². The van der Waals surface area contributed by atoms with E-state index < -0.39 is 0 Å². The van der Waals surface area contributed by atoms with Crippen LogP contribution in [-0.2, 0) is 0 Å². The molecule has 0 saturated heterocycles. The van der Waals surface area contributed by atoms with E-state index in [9.17, 15) is 0 Å². The molecule has 1 aromatic rings. The number of aryl methyl sites for hydroxylation is 1. The first kappa shape index (κ1) is 7.26. The Labute approximate surface area is 62.3 Å². The molecule has 0 unspecified atom stereocenters. The first-order valence-electron chi connectivity index (χ1n) is 3.68. The lowest BCUT2D eigenvalue weighted by atomic mass is 10.3. The highest BCUT2D eigenvalue weighted by atomic mass is 15.0. The maximum Gasteiger partial charge on any atom is 0.178 e. The van der Waals surface area contributed by atoms with Gasteiger partial charge in [0.2, 0.25) is 0 Å². The molecule has 1 aromatic heterocycles. The predicted molar refractivity (Wildman–Crippen MR) is 41.8 cm³/mol. The summed E-state index contributed by atoms with van der Waals surface area (Å²) in [5, 5.41) is 0. The molecule has 0 spiro atoms. The van der Waals surface area contributed by atoms with Crippen molar-refractivity contribution in [1.82, 2.24) is 0 Å². The van der Waals surface area contributed by atoms with Gasteiger partial charge in [0, 0.05) is 19.1 Å². The van der Waals surface area contributed by atoms with Crippen LogP contribution in [0.5, 0.6) is 0 Å². The van der Waals surface area contributed by atoms with E-state index in [1.807, 2.05) is 0 Å². The summed E-state index contributed by atoms with van der Waals surface area (Å²) in [6.45, 7) is 6.50. The average molecular weight is 136 g/mol. The molecule has 0 N–H and O–H groups in total. The molecule has 0 amide bonds. The van der Waals surface area contributed by atoms with Crippen molar-refractivity contribution in [3.05, 3.63) is 30.1 Å². The summed E-state index contributed by atoms with van der Waals surface area (Å²) in [5.41, 5.74) is 1.32. The summed E-state index contributed by atoms with van der Waals surface area (Å²) in [5.74, 6) is 0. The highest BCUT2D eigenvalue weighted by Gasteiger charge is 2.06. The van der Waals surface area contributed by atoms with Crippen molar-refractivity contribution in [2.75, 3.05) is 0 Å². The first-order chi connectivity index (χ1) is 4.72. The average Bonchev–Trinajstić information content (AvgIpc) is 1.88. The van der Waals surface area contributed by atoms with Gasteiger partial charge in [-0.3, -0.25) is 0 Å². The van der Waals surface area contributed by atoms with Crippen LogP contribution in [0.3, 0.4) is 0 Å². The van der Waals surface area contributed by atoms with Crippen LogP contribution in [-0.4, -0.2) is 0 Å². The predicted octanol–water partition coefficient (Wildman–Crippen LogP) is 1.86. The zero-order valence-electron chi connectivity index (χ0n) is 6.83. The fourth-order valence-corrected chi connectivity index (χ4v) is 1.12. The zero-order chi connectivity index (χ0) is 7.56. The van der Waals surface area contributed by atoms with Crippen molar-refractivity contribution in [2.24, 2.45) is 0 Å². The second kappa shape index (κ2) is 2.82. The van der Waals surface area contributed by atoms with Crippen molar-refractivity contribution in [2.45, 2.75) is 26.8 Å². The van der Waals surface area contributed by atoms with Gasteiger partial charge in [0.05, 0.1) is 0 Å². The third kappa shape index (κ3) is 1.35. The van der Waals surface area contributed by atoms with Gasteiger partial charge >= 0.3 is 0 Å². The van der Waals surface area contributed by atoms with Crippen molar-refractivity contribution >= 4 is 0 Å². The SMILES string of the molecule is Cc1cccc[n+]1C(C)C. The van der Waals surface area contributed by atoms with Crippen molar-refractivity contribution in [3.8, 4) is 0 Å². The van der Waals surface area contributed by atoms with E-state index in [0.29, 0.717) is 6.04 Å².